The van der Waals surface area contributed by atoms with Crippen molar-refractivity contribution in [2.45, 2.75) is 20.5 Å². The Labute approximate surface area is 101 Å². The van der Waals surface area contributed by atoms with Gasteiger partial charge >= 0.3 is 6.09 Å². The van der Waals surface area contributed by atoms with Crippen LogP contribution in [0.15, 0.2) is 24.3 Å². The highest BCUT2D eigenvalue weighted by Crippen LogP contribution is 2.11. The molecule has 5 heteroatoms. The van der Waals surface area contributed by atoms with Crippen LogP contribution in [0.1, 0.15) is 19.4 Å². The summed E-state index contributed by atoms with van der Waals surface area (Å²) >= 11 is 0. The van der Waals surface area contributed by atoms with Gasteiger partial charge in [0.1, 0.15) is 6.61 Å². The third kappa shape index (κ3) is 4.55. The van der Waals surface area contributed by atoms with Gasteiger partial charge in [-0.1, -0.05) is 26.0 Å². The van der Waals surface area contributed by atoms with E-state index in [1.165, 1.54) is 0 Å². The van der Waals surface area contributed by atoms with Gasteiger partial charge in [0.05, 0.1) is 0 Å². The zero-order chi connectivity index (χ0) is 13.5. The number of hydrogen-bond donors (Lipinski definition) is 2. The van der Waals surface area contributed by atoms with Crippen LogP contribution < -0.4 is 11.0 Å². The van der Waals surface area contributed by atoms with E-state index in [-0.39, 0.29) is 18.4 Å². The molecule has 92 valence electrons. The lowest BCUT2D eigenvalue weighted by atomic mass is 10.2. The van der Waals surface area contributed by atoms with Gasteiger partial charge in [-0.05, 0) is 17.7 Å². The molecular weight excluding hydrogens is 220 g/mol. The highest BCUT2D eigenvalue weighted by molar-refractivity contribution is 5.92. The van der Waals surface area contributed by atoms with Crippen LogP contribution in [-0.2, 0) is 16.1 Å². The Hall–Kier alpha value is -2.04. The lowest BCUT2D eigenvalue weighted by molar-refractivity contribution is -0.118. The molecule has 5 nitrogen and oxygen atoms in total. The molecule has 0 aliphatic carbocycles. The lowest BCUT2D eigenvalue weighted by Crippen LogP contribution is -2.17. The fraction of sp³-hybridized carbons (Fsp3) is 0.333. The summed E-state index contributed by atoms with van der Waals surface area (Å²) in [5.74, 6) is -0.124. The third-order valence-corrected chi connectivity index (χ3v) is 2.12. The van der Waals surface area contributed by atoms with Gasteiger partial charge in [-0.3, -0.25) is 4.79 Å². The van der Waals surface area contributed by atoms with Crippen LogP contribution in [0, 0.1) is 5.92 Å². The molecule has 2 amide bonds. The van der Waals surface area contributed by atoms with Gasteiger partial charge in [-0.25, -0.2) is 4.79 Å². The standard InChI is InChI=1S/C12H16N2O3/c1-8(2)11(15)14-10-5-3-9(4-6-10)7-17-12(13)16/h3-6,8H,7H2,1-2H3,(H2,13,16)(H,14,15)/i/hD. The number of hydrogen-bond acceptors (Lipinski definition) is 3. The van der Waals surface area contributed by atoms with Crippen molar-refractivity contribution in [2.75, 3.05) is 5.32 Å². The minimum absolute atomic E-state index is 0.0485. The zero-order valence-electron chi connectivity index (χ0n) is 10.8. The Morgan fingerprint density at radius 3 is 2.59 bits per heavy atom. The zero-order valence-corrected chi connectivity index (χ0v) is 9.82. The topological polar surface area (TPSA) is 81.4 Å². The predicted molar refractivity (Wildman–Crippen MR) is 64.3 cm³/mol. The fourth-order valence-corrected chi connectivity index (χ4v) is 1.12. The number of carbonyl (C=O) groups is 2. The number of nitrogens with one attached hydrogen (secondary N) is 1. The summed E-state index contributed by atoms with van der Waals surface area (Å²) in [4.78, 5) is 22.1. The third-order valence-electron chi connectivity index (χ3n) is 2.12. The van der Waals surface area contributed by atoms with Crippen molar-refractivity contribution in [2.24, 2.45) is 11.6 Å². The molecule has 0 atom stereocenters. The van der Waals surface area contributed by atoms with E-state index in [2.05, 4.69) is 5.32 Å². The molecule has 0 fully saturated rings. The number of carbonyl (C=O) groups excluding carboxylic acids is 2. The summed E-state index contributed by atoms with van der Waals surface area (Å²) < 4.78 is 11.3. The average Bonchev–Trinajstić information content (AvgIpc) is 2.37. The summed E-state index contributed by atoms with van der Waals surface area (Å²) in [7, 11) is 0. The first-order chi connectivity index (χ1) is 8.52. The van der Waals surface area contributed by atoms with Crippen LogP contribution in [0.25, 0.3) is 0 Å². The van der Waals surface area contributed by atoms with Gasteiger partial charge in [0.2, 0.25) is 5.91 Å². The van der Waals surface area contributed by atoms with E-state index < -0.39 is 6.09 Å². The van der Waals surface area contributed by atoms with Crippen LogP contribution in [0.5, 0.6) is 0 Å². The van der Waals surface area contributed by atoms with Gasteiger partial charge in [0.15, 0.2) is 1.41 Å². The molecule has 1 rings (SSSR count). The highest BCUT2D eigenvalue weighted by atomic mass is 16.5. The molecule has 3 N–H and O–H groups in total. The van der Waals surface area contributed by atoms with Crippen LogP contribution in [-0.4, -0.2) is 12.0 Å². The molecule has 0 heterocycles. The van der Waals surface area contributed by atoms with Crippen molar-refractivity contribution in [1.82, 2.24) is 0 Å². The van der Waals surface area contributed by atoms with Crippen LogP contribution in [0.3, 0.4) is 0 Å². The molecule has 17 heavy (non-hydrogen) atoms. The fourth-order valence-electron chi connectivity index (χ4n) is 1.12. The van der Waals surface area contributed by atoms with E-state index in [4.69, 9.17) is 6.15 Å². The molecular formula is C12H16N2O3. The van der Waals surface area contributed by atoms with E-state index in [1.807, 2.05) is 13.8 Å². The minimum atomic E-state index is -0.799. The van der Waals surface area contributed by atoms with Crippen molar-refractivity contribution in [3.63, 3.8) is 0 Å². The highest BCUT2D eigenvalue weighted by Gasteiger charge is 2.06. The Morgan fingerprint density at radius 2 is 2.06 bits per heavy atom. The molecule has 0 bridgehead atoms. The molecule has 0 saturated heterocycles. The maximum atomic E-state index is 11.4. The second kappa shape index (κ2) is 5.89. The smallest absolute Gasteiger partial charge is 0.404 e. The van der Waals surface area contributed by atoms with Gasteiger partial charge < -0.3 is 15.8 Å². The summed E-state index contributed by atoms with van der Waals surface area (Å²) in [6.45, 7) is 3.72. The SMILES string of the molecule is [2H]NC(=O)OCc1ccc(NC(=O)C(C)C)cc1. The number of rotatable bonds is 4. The second-order valence-electron chi connectivity index (χ2n) is 3.92. The number of nitrogens with two attached hydrogens (primary N) is 1. The lowest BCUT2D eigenvalue weighted by Gasteiger charge is -2.08. The number of anilines is 1. The summed E-state index contributed by atoms with van der Waals surface area (Å²) in [5.41, 5.74) is 3.09. The molecule has 0 aliphatic rings. The summed E-state index contributed by atoms with van der Waals surface area (Å²) in [6, 6.07) is 6.95. The number of ether oxygens (including phenoxy) is 1. The minimum Gasteiger partial charge on any atom is -0.445 e. The van der Waals surface area contributed by atoms with Crippen molar-refractivity contribution < 1.29 is 15.7 Å². The van der Waals surface area contributed by atoms with Crippen LogP contribution >= 0.6 is 0 Å². The summed E-state index contributed by atoms with van der Waals surface area (Å²) in [6.07, 6.45) is -0.799. The van der Waals surface area contributed by atoms with E-state index in [1.54, 1.807) is 30.0 Å². The van der Waals surface area contributed by atoms with E-state index >= 15 is 0 Å². The van der Waals surface area contributed by atoms with Gasteiger partial charge in [-0.15, -0.1) is 0 Å². The Kier molecular flexibility index (Phi) is 3.96. The van der Waals surface area contributed by atoms with Crippen LogP contribution in [0.2, 0.25) is 1.41 Å². The molecule has 0 unspecified atom stereocenters. The second-order valence-corrected chi connectivity index (χ2v) is 3.92. The first kappa shape index (κ1) is 11.4. The molecule has 1 aromatic rings. The molecule has 0 saturated carbocycles. The average molecular weight is 237 g/mol. The van der Waals surface area contributed by atoms with Crippen molar-refractivity contribution >= 4 is 17.7 Å². The molecule has 0 aliphatic heterocycles. The number of amides is 2. The van der Waals surface area contributed by atoms with Crippen molar-refractivity contribution in [3.05, 3.63) is 29.8 Å². The van der Waals surface area contributed by atoms with Crippen molar-refractivity contribution in [3.8, 4) is 0 Å². The van der Waals surface area contributed by atoms with E-state index in [0.717, 1.165) is 5.56 Å². The Balaban J connectivity index is 2.52. The van der Waals surface area contributed by atoms with Gasteiger partial charge in [0, 0.05) is 11.6 Å². The molecule has 0 aromatic heterocycles. The first-order valence-electron chi connectivity index (χ1n) is 5.77. The maximum absolute atomic E-state index is 11.4. The van der Waals surface area contributed by atoms with Gasteiger partial charge in [-0.2, -0.15) is 0 Å². The number of benzene rings is 1. The van der Waals surface area contributed by atoms with Gasteiger partial charge in [0.25, 0.3) is 0 Å². The largest absolute Gasteiger partial charge is 0.445 e. The van der Waals surface area contributed by atoms with E-state index in [0.29, 0.717) is 5.69 Å². The van der Waals surface area contributed by atoms with Crippen molar-refractivity contribution in [1.29, 1.82) is 0 Å². The number of primary amides is 1. The first-order valence-corrected chi connectivity index (χ1v) is 5.27. The Bertz CT molecular complexity index is 418. The molecule has 0 spiro atoms. The summed E-state index contributed by atoms with van der Waals surface area (Å²) in [5, 5.41) is 2.76. The quantitative estimate of drug-likeness (QED) is 0.838. The maximum Gasteiger partial charge on any atom is 0.404 e. The normalized spacial score (nSPS) is 10.6. The van der Waals surface area contributed by atoms with Crippen LogP contribution in [0.4, 0.5) is 10.5 Å². The molecule has 1 aromatic carbocycles. The predicted octanol–water partition coefficient (Wildman–Crippen LogP) is 1.88. The monoisotopic (exact) mass is 237 g/mol. The Morgan fingerprint density at radius 1 is 1.41 bits per heavy atom. The molecule has 0 radical (unpaired) electrons. The van der Waals surface area contributed by atoms with E-state index in [9.17, 15) is 9.59 Å².